The van der Waals surface area contributed by atoms with Crippen molar-refractivity contribution in [3.8, 4) is 0 Å². The van der Waals surface area contributed by atoms with Crippen molar-refractivity contribution in [2.75, 3.05) is 11.9 Å². The molecule has 0 spiro atoms. The van der Waals surface area contributed by atoms with Crippen molar-refractivity contribution < 1.29 is 14.6 Å². The first-order valence-corrected chi connectivity index (χ1v) is 5.80. The predicted octanol–water partition coefficient (Wildman–Crippen LogP) is 2.09. The summed E-state index contributed by atoms with van der Waals surface area (Å²) in [7, 11) is 0. The van der Waals surface area contributed by atoms with Gasteiger partial charge in [-0.15, -0.1) is 0 Å². The first kappa shape index (κ1) is 13.2. The summed E-state index contributed by atoms with van der Waals surface area (Å²) in [6, 6.07) is 3.54. The number of benzene rings is 1. The smallest absolute Gasteiger partial charge is 0.299 e. The molecule has 1 aliphatic heterocycles. The molecule has 0 aliphatic carbocycles. The Balaban J connectivity index is 2.29. The summed E-state index contributed by atoms with van der Waals surface area (Å²) in [5, 5.41) is 24.6. The van der Waals surface area contributed by atoms with Gasteiger partial charge in [0, 0.05) is 12.7 Å². The molecule has 1 aliphatic rings. The second kappa shape index (κ2) is 5.19. The number of hydrogen-bond acceptors (Lipinski definition) is 6. The Hall–Kier alpha value is -2.22. The van der Waals surface area contributed by atoms with Crippen LogP contribution >= 0.6 is 0 Å². The van der Waals surface area contributed by atoms with Gasteiger partial charge in [0.2, 0.25) is 0 Å². The topological polar surface area (TPSA) is 108 Å². The van der Waals surface area contributed by atoms with Gasteiger partial charge in [-0.25, -0.2) is 0 Å². The van der Waals surface area contributed by atoms with E-state index in [9.17, 15) is 20.2 Å². The highest BCUT2D eigenvalue weighted by atomic mass is 16.6. The highest BCUT2D eigenvalue weighted by Gasteiger charge is 2.27. The Kier molecular flexibility index (Phi) is 3.61. The van der Waals surface area contributed by atoms with Gasteiger partial charge in [0.15, 0.2) is 0 Å². The number of non-ortho nitro benzene ring substituents is 1. The van der Waals surface area contributed by atoms with Crippen LogP contribution in [0.25, 0.3) is 0 Å². The van der Waals surface area contributed by atoms with Crippen molar-refractivity contribution in [2.45, 2.75) is 25.5 Å². The van der Waals surface area contributed by atoms with Crippen LogP contribution in [0.4, 0.5) is 17.1 Å². The number of nitrogens with zero attached hydrogens (tertiary/aromatic N) is 2. The number of nitro groups is 2. The van der Waals surface area contributed by atoms with Crippen molar-refractivity contribution in [3.63, 3.8) is 0 Å². The number of nitro benzene ring substituents is 2. The quantitative estimate of drug-likeness (QED) is 0.661. The van der Waals surface area contributed by atoms with Crippen molar-refractivity contribution in [1.29, 1.82) is 0 Å². The molecule has 1 N–H and O–H groups in total. The summed E-state index contributed by atoms with van der Waals surface area (Å²) in [6.07, 6.45) is 0.699. The summed E-state index contributed by atoms with van der Waals surface area (Å²) >= 11 is 0. The van der Waals surface area contributed by atoms with Gasteiger partial charge in [-0.3, -0.25) is 20.2 Å². The van der Waals surface area contributed by atoms with Crippen molar-refractivity contribution >= 4 is 17.1 Å². The summed E-state index contributed by atoms with van der Waals surface area (Å²) in [5.74, 6) is 0. The van der Waals surface area contributed by atoms with E-state index in [4.69, 9.17) is 4.74 Å². The van der Waals surface area contributed by atoms with Gasteiger partial charge in [0.25, 0.3) is 11.4 Å². The summed E-state index contributed by atoms with van der Waals surface area (Å²) in [4.78, 5) is 20.3. The van der Waals surface area contributed by atoms with E-state index in [0.29, 0.717) is 6.61 Å². The third-order valence-electron chi connectivity index (χ3n) is 3.11. The fourth-order valence-electron chi connectivity index (χ4n) is 2.03. The van der Waals surface area contributed by atoms with Crippen LogP contribution in [0, 0.1) is 20.2 Å². The summed E-state index contributed by atoms with van der Waals surface area (Å²) < 4.78 is 5.36. The molecule has 1 fully saturated rings. The molecule has 0 radical (unpaired) electrons. The third kappa shape index (κ3) is 2.79. The lowest BCUT2D eigenvalue weighted by Crippen LogP contribution is -2.27. The molecule has 8 nitrogen and oxygen atoms in total. The van der Waals surface area contributed by atoms with Gasteiger partial charge in [-0.2, -0.15) is 0 Å². The van der Waals surface area contributed by atoms with Gasteiger partial charge in [0.1, 0.15) is 5.69 Å². The first-order chi connectivity index (χ1) is 8.99. The van der Waals surface area contributed by atoms with Crippen molar-refractivity contribution in [1.82, 2.24) is 0 Å². The molecule has 0 bridgehead atoms. The van der Waals surface area contributed by atoms with E-state index in [2.05, 4.69) is 5.32 Å². The fourth-order valence-corrected chi connectivity index (χ4v) is 2.03. The lowest BCUT2D eigenvalue weighted by atomic mass is 10.1. The Bertz CT molecular complexity index is 519. The van der Waals surface area contributed by atoms with E-state index in [-0.39, 0.29) is 29.2 Å². The van der Waals surface area contributed by atoms with Crippen LogP contribution in [-0.4, -0.2) is 28.6 Å². The Morgan fingerprint density at radius 1 is 1.32 bits per heavy atom. The minimum atomic E-state index is -0.655. The molecule has 102 valence electrons. The van der Waals surface area contributed by atoms with E-state index in [1.54, 1.807) is 0 Å². The number of nitrogens with one attached hydrogen (secondary N) is 1. The van der Waals surface area contributed by atoms with Crippen LogP contribution in [0.3, 0.4) is 0 Å². The standard InChI is InChI=1S/C11H13N3O5/c1-7-9(4-5-19-7)12-10-3-2-8(13(15)16)6-11(10)14(17)18/h2-3,6-7,9,12H,4-5H2,1H3. The largest absolute Gasteiger partial charge is 0.376 e. The minimum Gasteiger partial charge on any atom is -0.376 e. The second-order valence-corrected chi connectivity index (χ2v) is 4.33. The monoisotopic (exact) mass is 267 g/mol. The zero-order chi connectivity index (χ0) is 14.0. The van der Waals surface area contributed by atoms with Gasteiger partial charge >= 0.3 is 0 Å². The Labute approximate surface area is 108 Å². The number of ether oxygens (including phenoxy) is 1. The molecule has 0 saturated carbocycles. The maximum absolute atomic E-state index is 11.0. The maximum Gasteiger partial charge on any atom is 0.299 e. The predicted molar refractivity (Wildman–Crippen MR) is 67.2 cm³/mol. The van der Waals surface area contributed by atoms with E-state index in [1.165, 1.54) is 12.1 Å². The van der Waals surface area contributed by atoms with Crippen LogP contribution in [-0.2, 0) is 4.74 Å². The number of rotatable bonds is 4. The average molecular weight is 267 g/mol. The third-order valence-corrected chi connectivity index (χ3v) is 3.11. The molecular formula is C11H13N3O5. The van der Waals surface area contributed by atoms with Gasteiger partial charge in [-0.05, 0) is 19.4 Å². The van der Waals surface area contributed by atoms with Crippen LogP contribution in [0.15, 0.2) is 18.2 Å². The van der Waals surface area contributed by atoms with E-state index >= 15 is 0 Å². The Morgan fingerprint density at radius 3 is 2.58 bits per heavy atom. The fraction of sp³-hybridized carbons (Fsp3) is 0.455. The van der Waals surface area contributed by atoms with Crippen molar-refractivity contribution in [2.24, 2.45) is 0 Å². The van der Waals surface area contributed by atoms with Crippen LogP contribution in [0.5, 0.6) is 0 Å². The van der Waals surface area contributed by atoms with Crippen molar-refractivity contribution in [3.05, 3.63) is 38.4 Å². The second-order valence-electron chi connectivity index (χ2n) is 4.33. The lowest BCUT2D eigenvalue weighted by Gasteiger charge is -2.17. The summed E-state index contributed by atoms with van der Waals surface area (Å²) in [5.41, 5.74) is -0.320. The van der Waals surface area contributed by atoms with Gasteiger partial charge < -0.3 is 10.1 Å². The molecular weight excluding hydrogens is 254 g/mol. The molecule has 0 amide bonds. The lowest BCUT2D eigenvalue weighted by molar-refractivity contribution is -0.393. The number of hydrogen-bond donors (Lipinski definition) is 1. The highest BCUT2D eigenvalue weighted by Crippen LogP contribution is 2.31. The van der Waals surface area contributed by atoms with Crippen LogP contribution in [0.2, 0.25) is 0 Å². The Morgan fingerprint density at radius 2 is 2.05 bits per heavy atom. The zero-order valence-corrected chi connectivity index (χ0v) is 10.2. The molecule has 2 atom stereocenters. The number of anilines is 1. The molecule has 1 aromatic carbocycles. The minimum absolute atomic E-state index is 0.0276. The highest BCUT2D eigenvalue weighted by molar-refractivity contribution is 5.65. The molecule has 1 heterocycles. The van der Waals surface area contributed by atoms with E-state index < -0.39 is 9.85 Å². The first-order valence-electron chi connectivity index (χ1n) is 5.80. The molecule has 8 heteroatoms. The van der Waals surface area contributed by atoms with Crippen LogP contribution < -0.4 is 5.32 Å². The van der Waals surface area contributed by atoms with Gasteiger partial charge in [-0.1, -0.05) is 0 Å². The molecule has 2 rings (SSSR count). The average Bonchev–Trinajstić information content (AvgIpc) is 2.75. The maximum atomic E-state index is 11.0. The summed E-state index contributed by atoms with van der Waals surface area (Å²) in [6.45, 7) is 2.47. The van der Waals surface area contributed by atoms with E-state index in [1.807, 2.05) is 6.92 Å². The molecule has 19 heavy (non-hydrogen) atoms. The van der Waals surface area contributed by atoms with Crippen LogP contribution in [0.1, 0.15) is 13.3 Å². The molecule has 2 unspecified atom stereocenters. The SMILES string of the molecule is CC1OCCC1Nc1ccc([N+](=O)[O-])cc1[N+](=O)[O-]. The molecule has 1 aromatic rings. The van der Waals surface area contributed by atoms with E-state index in [0.717, 1.165) is 12.5 Å². The molecule has 0 aromatic heterocycles. The molecule has 1 saturated heterocycles. The zero-order valence-electron chi connectivity index (χ0n) is 10.2. The van der Waals surface area contributed by atoms with Gasteiger partial charge in [0.05, 0.1) is 28.1 Å². The normalized spacial score (nSPS) is 22.2.